The molecule has 11 heteroatoms. The number of carbonyl (C=O) groups excluding carboxylic acids is 3. The molecule has 1 aromatic rings. The normalized spacial score (nSPS) is 19.5. The zero-order chi connectivity index (χ0) is 26.7. The number of ether oxygens (including phenoxy) is 3. The maximum Gasteiger partial charge on any atom is 0.247 e. The molecular weight excluding hydrogens is 583 g/mol. The molecule has 2 amide bonds. The molecule has 0 saturated carbocycles. The molecule has 198 valence electrons. The largest absolute Gasteiger partial charge is 0.493 e. The van der Waals surface area contributed by atoms with Gasteiger partial charge in [0, 0.05) is 37.8 Å². The number of benzene rings is 1. The van der Waals surface area contributed by atoms with E-state index in [-0.39, 0.29) is 44.4 Å². The molecule has 3 atom stereocenters. The second-order valence-corrected chi connectivity index (χ2v) is 9.17. The third kappa shape index (κ3) is 7.76. The van der Waals surface area contributed by atoms with Gasteiger partial charge in [-0.05, 0) is 53.3 Å². The van der Waals surface area contributed by atoms with E-state index in [1.54, 1.807) is 12.1 Å². The average Bonchev–Trinajstić information content (AvgIpc) is 2.88. The Bertz CT molecular complexity index is 981. The number of aliphatic hydroxyl groups excluding tert-OH is 2. The minimum absolute atomic E-state index is 0.0549. The Balaban J connectivity index is 2.50. The van der Waals surface area contributed by atoms with Crippen molar-refractivity contribution in [2.24, 2.45) is 0 Å². The third-order valence-corrected chi connectivity index (χ3v) is 6.37. The summed E-state index contributed by atoms with van der Waals surface area (Å²) in [5.41, 5.74) is 0.696. The fourth-order valence-corrected chi connectivity index (χ4v) is 4.53. The number of nitrogens with one attached hydrogen (secondary N) is 1. The Kier molecular flexibility index (Phi) is 12.3. The van der Waals surface area contributed by atoms with Gasteiger partial charge in [0.1, 0.15) is 18.5 Å². The van der Waals surface area contributed by atoms with Crippen LogP contribution in [0.25, 0.3) is 0 Å². The van der Waals surface area contributed by atoms with E-state index in [2.05, 4.69) is 5.32 Å². The predicted molar refractivity (Wildman–Crippen MR) is 141 cm³/mol. The van der Waals surface area contributed by atoms with Crippen LogP contribution in [0.2, 0.25) is 0 Å². The summed E-state index contributed by atoms with van der Waals surface area (Å²) in [5.74, 6) is -0.177. The molecule has 0 fully saturated rings. The van der Waals surface area contributed by atoms with Crippen LogP contribution in [0.4, 0.5) is 0 Å². The standard InChI is InChI=1S/C25H33IN2O8/c1-4-5-6-22(31)28(8-10-34-2)19-13-17(25(33)27-7-9-29)14-20(23(19)32)36-24-18(26)11-16(15-30)12-21(24)35-3/h5-6,11-12,14-15,19-20,23,29,32H,4,7-10,13H2,1-3H3,(H,27,33). The zero-order valence-corrected chi connectivity index (χ0v) is 22.8. The molecule has 1 aliphatic rings. The lowest BCUT2D eigenvalue weighted by Crippen LogP contribution is -2.55. The Morgan fingerprint density at radius 2 is 2.06 bits per heavy atom. The highest BCUT2D eigenvalue weighted by molar-refractivity contribution is 14.1. The molecule has 0 saturated heterocycles. The van der Waals surface area contributed by atoms with Crippen molar-refractivity contribution in [2.45, 2.75) is 38.0 Å². The van der Waals surface area contributed by atoms with E-state index in [9.17, 15) is 19.5 Å². The first kappa shape index (κ1) is 29.7. The number of methoxy groups -OCH3 is 2. The van der Waals surface area contributed by atoms with Crippen molar-refractivity contribution in [1.29, 1.82) is 0 Å². The van der Waals surface area contributed by atoms with E-state index in [0.717, 1.165) is 0 Å². The first-order valence-corrected chi connectivity index (χ1v) is 12.6. The third-order valence-electron chi connectivity index (χ3n) is 5.57. The molecule has 3 N–H and O–H groups in total. The zero-order valence-electron chi connectivity index (χ0n) is 20.6. The number of rotatable bonds is 13. The predicted octanol–water partition coefficient (Wildman–Crippen LogP) is 1.47. The van der Waals surface area contributed by atoms with Crippen LogP contribution >= 0.6 is 22.6 Å². The lowest BCUT2D eigenvalue weighted by atomic mass is 9.88. The number of carbonyl (C=O) groups is 3. The number of nitrogens with zero attached hydrogens (tertiary/aromatic N) is 1. The molecule has 0 aliphatic heterocycles. The molecule has 36 heavy (non-hydrogen) atoms. The van der Waals surface area contributed by atoms with E-state index >= 15 is 0 Å². The molecule has 0 aromatic heterocycles. The van der Waals surface area contributed by atoms with Gasteiger partial charge in [0.25, 0.3) is 0 Å². The summed E-state index contributed by atoms with van der Waals surface area (Å²) in [4.78, 5) is 38.6. The molecule has 10 nitrogen and oxygen atoms in total. The Labute approximate surface area is 224 Å². The molecule has 2 rings (SSSR count). The Morgan fingerprint density at radius 1 is 1.31 bits per heavy atom. The van der Waals surface area contributed by atoms with Gasteiger partial charge in [-0.25, -0.2) is 0 Å². The van der Waals surface area contributed by atoms with Gasteiger partial charge >= 0.3 is 0 Å². The maximum atomic E-state index is 13.0. The lowest BCUT2D eigenvalue weighted by molar-refractivity contribution is -0.134. The minimum Gasteiger partial charge on any atom is -0.493 e. The second-order valence-electron chi connectivity index (χ2n) is 8.00. The van der Waals surface area contributed by atoms with Crippen molar-refractivity contribution in [2.75, 3.05) is 40.5 Å². The van der Waals surface area contributed by atoms with Crippen molar-refractivity contribution < 1.29 is 38.8 Å². The monoisotopic (exact) mass is 616 g/mol. The molecule has 1 aliphatic carbocycles. The van der Waals surface area contributed by atoms with Crippen LogP contribution in [-0.4, -0.2) is 92.0 Å². The lowest BCUT2D eigenvalue weighted by Gasteiger charge is -2.40. The summed E-state index contributed by atoms with van der Waals surface area (Å²) in [6.45, 7) is 2.15. The van der Waals surface area contributed by atoms with Crippen LogP contribution in [0.15, 0.2) is 35.9 Å². The summed E-state index contributed by atoms with van der Waals surface area (Å²) >= 11 is 2.00. The Morgan fingerprint density at radius 3 is 2.67 bits per heavy atom. The van der Waals surface area contributed by atoms with E-state index in [4.69, 9.17) is 19.3 Å². The number of halogens is 1. The molecule has 0 spiro atoms. The highest BCUT2D eigenvalue weighted by Crippen LogP contribution is 2.36. The summed E-state index contributed by atoms with van der Waals surface area (Å²) in [7, 11) is 2.94. The summed E-state index contributed by atoms with van der Waals surface area (Å²) in [6.07, 6.45) is 3.88. The van der Waals surface area contributed by atoms with Crippen molar-refractivity contribution >= 4 is 40.7 Å². The number of aldehydes is 1. The molecule has 0 heterocycles. The SMILES string of the molecule is CCC=CC(=O)N(CCOC)C1CC(C(=O)NCCO)=CC(Oc2c(I)cc(C=O)cc2OC)C1O. The quantitative estimate of drug-likeness (QED) is 0.172. The smallest absolute Gasteiger partial charge is 0.247 e. The summed E-state index contributed by atoms with van der Waals surface area (Å²) in [5, 5.41) is 23.1. The molecule has 1 aromatic carbocycles. The van der Waals surface area contributed by atoms with E-state index in [1.165, 1.54) is 37.3 Å². The molecule has 0 bridgehead atoms. The number of amides is 2. The number of aliphatic hydroxyl groups is 2. The van der Waals surface area contributed by atoms with Crippen molar-refractivity contribution in [3.63, 3.8) is 0 Å². The van der Waals surface area contributed by atoms with E-state index < -0.39 is 24.2 Å². The van der Waals surface area contributed by atoms with Gasteiger partial charge in [-0.1, -0.05) is 13.0 Å². The fourth-order valence-electron chi connectivity index (χ4n) is 3.78. The van der Waals surface area contributed by atoms with Crippen LogP contribution in [0, 0.1) is 3.57 Å². The van der Waals surface area contributed by atoms with Gasteiger partial charge in [-0.15, -0.1) is 0 Å². The second kappa shape index (κ2) is 14.9. The summed E-state index contributed by atoms with van der Waals surface area (Å²) in [6, 6.07) is 2.33. The van der Waals surface area contributed by atoms with Crippen LogP contribution in [0.5, 0.6) is 11.5 Å². The van der Waals surface area contributed by atoms with Gasteiger partial charge in [0.15, 0.2) is 11.5 Å². The van der Waals surface area contributed by atoms with Crippen molar-refractivity contribution in [3.05, 3.63) is 45.1 Å². The minimum atomic E-state index is -1.19. The maximum absolute atomic E-state index is 13.0. The first-order valence-electron chi connectivity index (χ1n) is 11.5. The van der Waals surface area contributed by atoms with Crippen molar-refractivity contribution in [1.82, 2.24) is 10.2 Å². The van der Waals surface area contributed by atoms with Gasteiger partial charge in [-0.3, -0.25) is 14.4 Å². The van der Waals surface area contributed by atoms with E-state index in [1.807, 2.05) is 29.5 Å². The number of hydrogen-bond donors (Lipinski definition) is 3. The first-order chi connectivity index (χ1) is 17.3. The molecule has 0 radical (unpaired) electrons. The van der Waals surface area contributed by atoms with Gasteiger partial charge < -0.3 is 34.6 Å². The van der Waals surface area contributed by atoms with Crippen LogP contribution in [0.1, 0.15) is 30.1 Å². The highest BCUT2D eigenvalue weighted by atomic mass is 127. The number of hydrogen-bond acceptors (Lipinski definition) is 8. The summed E-state index contributed by atoms with van der Waals surface area (Å²) < 4.78 is 17.3. The van der Waals surface area contributed by atoms with E-state index in [0.29, 0.717) is 33.2 Å². The van der Waals surface area contributed by atoms with Crippen LogP contribution in [-0.2, 0) is 14.3 Å². The van der Waals surface area contributed by atoms with Gasteiger partial charge in [0.2, 0.25) is 11.8 Å². The Hall–Kier alpha value is -2.48. The van der Waals surface area contributed by atoms with Crippen LogP contribution in [0.3, 0.4) is 0 Å². The van der Waals surface area contributed by atoms with Gasteiger partial charge in [0.05, 0.1) is 29.9 Å². The van der Waals surface area contributed by atoms with Gasteiger partial charge in [-0.2, -0.15) is 0 Å². The molecular formula is C25H33IN2O8. The molecule has 3 unspecified atom stereocenters. The van der Waals surface area contributed by atoms with Crippen molar-refractivity contribution in [3.8, 4) is 11.5 Å². The number of allylic oxidation sites excluding steroid dienone is 1. The average molecular weight is 616 g/mol. The fraction of sp³-hybridized carbons (Fsp3) is 0.480. The topological polar surface area (TPSA) is 135 Å². The van der Waals surface area contributed by atoms with Crippen LogP contribution < -0.4 is 14.8 Å². The highest BCUT2D eigenvalue weighted by Gasteiger charge is 2.40.